The molecular weight excluding hydrogens is 325 g/mol. The van der Waals surface area contributed by atoms with E-state index in [-0.39, 0.29) is 24.5 Å². The first-order valence-corrected chi connectivity index (χ1v) is 8.48. The molecule has 0 radical (unpaired) electrons. The van der Waals surface area contributed by atoms with Crippen LogP contribution >= 0.6 is 0 Å². The highest BCUT2D eigenvalue weighted by molar-refractivity contribution is 5.94. The highest BCUT2D eigenvalue weighted by Crippen LogP contribution is 2.16. The van der Waals surface area contributed by atoms with Crippen LogP contribution < -0.4 is 15.5 Å². The second-order valence-electron chi connectivity index (χ2n) is 6.11. The lowest BCUT2D eigenvalue weighted by atomic mass is 10.00. The summed E-state index contributed by atoms with van der Waals surface area (Å²) in [5.74, 6) is -0.684. The fourth-order valence-electron chi connectivity index (χ4n) is 2.92. The van der Waals surface area contributed by atoms with Gasteiger partial charge in [-0.1, -0.05) is 19.1 Å². The Morgan fingerprint density at radius 1 is 1.24 bits per heavy atom. The van der Waals surface area contributed by atoms with Crippen molar-refractivity contribution in [1.29, 1.82) is 0 Å². The maximum Gasteiger partial charge on any atom is 0.338 e. The molecule has 3 N–H and O–H groups in total. The molecule has 1 heterocycles. The summed E-state index contributed by atoms with van der Waals surface area (Å²) >= 11 is 0. The van der Waals surface area contributed by atoms with E-state index in [2.05, 4.69) is 10.6 Å². The molecule has 1 aliphatic rings. The van der Waals surface area contributed by atoms with Crippen molar-refractivity contribution in [2.45, 2.75) is 32.9 Å². The minimum absolute atomic E-state index is 0.273. The minimum Gasteiger partial charge on any atom is -0.463 e. The van der Waals surface area contributed by atoms with Gasteiger partial charge in [-0.2, -0.15) is 0 Å². The third kappa shape index (κ3) is 5.03. The van der Waals surface area contributed by atoms with Crippen molar-refractivity contribution in [1.82, 2.24) is 10.6 Å². The molecule has 0 spiro atoms. The third-order valence-electron chi connectivity index (χ3n) is 4.04. The number of nitrogens with one attached hydrogen (secondary N) is 3. The van der Waals surface area contributed by atoms with Gasteiger partial charge in [0.25, 0.3) is 0 Å². The van der Waals surface area contributed by atoms with E-state index in [0.29, 0.717) is 30.8 Å². The molecule has 136 valence electrons. The molecule has 0 bridgehead atoms. The summed E-state index contributed by atoms with van der Waals surface area (Å²) in [5.41, 5.74) is 2.03. The average molecular weight is 350 g/mol. The van der Waals surface area contributed by atoms with E-state index in [0.717, 1.165) is 10.5 Å². The lowest BCUT2D eigenvalue weighted by Crippen LogP contribution is -3.08. The standard InChI is InChI=1S/C18H24FN3O3/c1-4-14-16(17(23)25-5-2)15(21-18(24)20-14)11-22(3)10-12-6-8-13(19)9-7-12/h6-9,14H,4-5,10-11H2,1-3H3,(H2,20,21,24)/p+1/t14-/m0/s1. The molecule has 7 heteroatoms. The molecule has 1 unspecified atom stereocenters. The van der Waals surface area contributed by atoms with Gasteiger partial charge in [0, 0.05) is 5.56 Å². The molecule has 1 aromatic rings. The molecule has 1 aromatic carbocycles. The predicted octanol–water partition coefficient (Wildman–Crippen LogP) is 0.749. The number of amides is 2. The minimum atomic E-state index is -0.411. The van der Waals surface area contributed by atoms with Gasteiger partial charge in [-0.25, -0.2) is 14.0 Å². The second-order valence-corrected chi connectivity index (χ2v) is 6.11. The lowest BCUT2D eigenvalue weighted by Gasteiger charge is -2.29. The number of ether oxygens (including phenoxy) is 1. The molecule has 2 rings (SSSR count). The van der Waals surface area contributed by atoms with Crippen LogP contribution in [0.4, 0.5) is 9.18 Å². The summed E-state index contributed by atoms with van der Waals surface area (Å²) in [6.07, 6.45) is 0.599. The first kappa shape index (κ1) is 18.9. The van der Waals surface area contributed by atoms with E-state index in [1.54, 1.807) is 19.1 Å². The van der Waals surface area contributed by atoms with Crippen LogP contribution in [0, 0.1) is 5.82 Å². The Labute approximate surface area is 147 Å². The van der Waals surface area contributed by atoms with Crippen LogP contribution in [-0.2, 0) is 16.1 Å². The van der Waals surface area contributed by atoms with Gasteiger partial charge in [0.05, 0.1) is 31.0 Å². The third-order valence-corrected chi connectivity index (χ3v) is 4.04. The molecule has 0 saturated heterocycles. The van der Waals surface area contributed by atoms with Crippen molar-refractivity contribution < 1.29 is 23.6 Å². The molecule has 0 fully saturated rings. The summed E-state index contributed by atoms with van der Waals surface area (Å²) in [4.78, 5) is 25.3. The highest BCUT2D eigenvalue weighted by atomic mass is 19.1. The normalized spacial score (nSPS) is 18.4. The van der Waals surface area contributed by atoms with Crippen LogP contribution in [0.3, 0.4) is 0 Å². The highest BCUT2D eigenvalue weighted by Gasteiger charge is 2.32. The van der Waals surface area contributed by atoms with Crippen molar-refractivity contribution >= 4 is 12.0 Å². The first-order valence-electron chi connectivity index (χ1n) is 8.48. The van der Waals surface area contributed by atoms with E-state index >= 15 is 0 Å². The van der Waals surface area contributed by atoms with Crippen LogP contribution in [0.1, 0.15) is 25.8 Å². The van der Waals surface area contributed by atoms with Gasteiger partial charge in [0.1, 0.15) is 18.9 Å². The van der Waals surface area contributed by atoms with E-state index in [1.807, 2.05) is 14.0 Å². The number of carbonyl (C=O) groups is 2. The number of hydrogen-bond donors (Lipinski definition) is 3. The van der Waals surface area contributed by atoms with E-state index in [4.69, 9.17) is 4.74 Å². The van der Waals surface area contributed by atoms with Crippen molar-refractivity contribution in [3.63, 3.8) is 0 Å². The predicted molar refractivity (Wildman–Crippen MR) is 91.3 cm³/mol. The Hall–Kier alpha value is -2.41. The molecule has 2 amide bonds. The smallest absolute Gasteiger partial charge is 0.338 e. The number of hydrogen-bond acceptors (Lipinski definition) is 3. The van der Waals surface area contributed by atoms with E-state index in [9.17, 15) is 14.0 Å². The van der Waals surface area contributed by atoms with Gasteiger partial charge in [-0.15, -0.1) is 0 Å². The summed E-state index contributed by atoms with van der Waals surface area (Å²) in [6, 6.07) is 5.63. The molecular formula is C18H25FN3O3+. The summed E-state index contributed by atoms with van der Waals surface area (Å²) in [5, 5.41) is 5.50. The van der Waals surface area contributed by atoms with E-state index in [1.165, 1.54) is 12.1 Å². The van der Waals surface area contributed by atoms with Crippen molar-refractivity contribution in [2.75, 3.05) is 20.2 Å². The average Bonchev–Trinajstić information content (AvgIpc) is 2.56. The Morgan fingerprint density at radius 2 is 1.92 bits per heavy atom. The summed E-state index contributed by atoms with van der Waals surface area (Å²) < 4.78 is 18.2. The van der Waals surface area contributed by atoms with Crippen LogP contribution in [0.25, 0.3) is 0 Å². The summed E-state index contributed by atoms with van der Waals surface area (Å²) in [6.45, 7) is 5.02. The Kier molecular flexibility index (Phi) is 6.52. The van der Waals surface area contributed by atoms with Crippen molar-refractivity contribution in [3.05, 3.63) is 46.9 Å². The van der Waals surface area contributed by atoms with Gasteiger partial charge in [0.15, 0.2) is 0 Å². The number of carbonyl (C=O) groups excluding carboxylic acids is 2. The topological polar surface area (TPSA) is 71.9 Å². The second kappa shape index (κ2) is 8.62. The van der Waals surface area contributed by atoms with Crippen LogP contribution in [0.5, 0.6) is 0 Å². The molecule has 0 aromatic heterocycles. The zero-order valence-electron chi connectivity index (χ0n) is 14.8. The number of halogens is 1. The number of quaternary nitrogens is 1. The number of esters is 1. The van der Waals surface area contributed by atoms with Gasteiger partial charge < -0.3 is 20.3 Å². The molecule has 2 atom stereocenters. The summed E-state index contributed by atoms with van der Waals surface area (Å²) in [7, 11) is 1.95. The number of benzene rings is 1. The van der Waals surface area contributed by atoms with Gasteiger partial charge in [0.2, 0.25) is 0 Å². The number of urea groups is 1. The Balaban J connectivity index is 2.19. The maximum absolute atomic E-state index is 13.0. The SMILES string of the molecule is CCOC(=O)C1=C(C[NH+](C)Cc2ccc(F)cc2)NC(=O)N[C@H]1CC. The monoisotopic (exact) mass is 350 g/mol. The van der Waals surface area contributed by atoms with Crippen LogP contribution in [0.2, 0.25) is 0 Å². The van der Waals surface area contributed by atoms with Gasteiger partial charge in [-0.3, -0.25) is 0 Å². The maximum atomic E-state index is 13.0. The molecule has 0 aliphatic carbocycles. The van der Waals surface area contributed by atoms with E-state index < -0.39 is 5.97 Å². The van der Waals surface area contributed by atoms with Crippen molar-refractivity contribution in [2.24, 2.45) is 0 Å². The Morgan fingerprint density at radius 3 is 2.52 bits per heavy atom. The molecule has 0 saturated carbocycles. The fraction of sp³-hybridized carbons (Fsp3) is 0.444. The Bertz CT molecular complexity index is 658. The zero-order chi connectivity index (χ0) is 18.4. The van der Waals surface area contributed by atoms with Gasteiger partial charge in [-0.05, 0) is 25.5 Å². The molecule has 6 nitrogen and oxygen atoms in total. The molecule has 25 heavy (non-hydrogen) atoms. The fourth-order valence-corrected chi connectivity index (χ4v) is 2.92. The largest absolute Gasteiger partial charge is 0.463 e. The van der Waals surface area contributed by atoms with Crippen molar-refractivity contribution in [3.8, 4) is 0 Å². The zero-order valence-corrected chi connectivity index (χ0v) is 14.8. The quantitative estimate of drug-likeness (QED) is 0.636. The van der Waals surface area contributed by atoms with Crippen LogP contribution in [0.15, 0.2) is 35.5 Å². The van der Waals surface area contributed by atoms with Gasteiger partial charge >= 0.3 is 12.0 Å². The number of likely N-dealkylation sites (N-methyl/N-ethyl adjacent to an activating group) is 1. The molecule has 1 aliphatic heterocycles. The number of rotatable bonds is 7. The first-order chi connectivity index (χ1) is 11.9. The lowest BCUT2D eigenvalue weighted by molar-refractivity contribution is -0.889. The van der Waals surface area contributed by atoms with Crippen LogP contribution in [-0.4, -0.2) is 38.2 Å².